The van der Waals surface area contributed by atoms with E-state index >= 15 is 0 Å². The third kappa shape index (κ3) is 2.78. The number of halogens is 3. The molecule has 1 saturated carbocycles. The lowest BCUT2D eigenvalue weighted by Gasteiger charge is -2.37. The summed E-state index contributed by atoms with van der Waals surface area (Å²) >= 11 is 5.72. The van der Waals surface area contributed by atoms with E-state index in [-0.39, 0.29) is 17.7 Å². The fourth-order valence-corrected chi connectivity index (χ4v) is 2.75. The molecule has 0 bridgehead atoms. The molecule has 0 amide bonds. The van der Waals surface area contributed by atoms with Crippen molar-refractivity contribution in [3.05, 3.63) is 64.7 Å². The molecule has 0 unspecified atom stereocenters. The largest absolute Gasteiger partial charge is 0.380 e. The number of anilines is 1. The minimum Gasteiger partial charge on any atom is -0.380 e. The summed E-state index contributed by atoms with van der Waals surface area (Å²) in [4.78, 5) is 0. The second kappa shape index (κ2) is 5.41. The Hall–Kier alpha value is -1.61. The van der Waals surface area contributed by atoms with E-state index in [2.05, 4.69) is 5.32 Å². The van der Waals surface area contributed by atoms with Gasteiger partial charge in [0.15, 0.2) is 0 Å². The van der Waals surface area contributed by atoms with Crippen molar-refractivity contribution in [2.75, 3.05) is 5.32 Å². The Bertz CT molecular complexity index is 624. The summed E-state index contributed by atoms with van der Waals surface area (Å²) < 4.78 is 26.8. The SMILES string of the molecule is Fc1cccc(C2CC(Nc3ccc(Cl)cc3F)C2)c1. The second-order valence-corrected chi connectivity index (χ2v) is 5.63. The molecule has 104 valence electrons. The lowest BCUT2D eigenvalue weighted by Crippen LogP contribution is -2.34. The van der Waals surface area contributed by atoms with Crippen LogP contribution in [0.2, 0.25) is 5.02 Å². The molecule has 0 aliphatic heterocycles. The minimum absolute atomic E-state index is 0.206. The van der Waals surface area contributed by atoms with Gasteiger partial charge in [-0.25, -0.2) is 8.78 Å². The molecule has 2 aromatic carbocycles. The summed E-state index contributed by atoms with van der Waals surface area (Å²) in [7, 11) is 0. The average Bonchev–Trinajstić information content (AvgIpc) is 2.35. The van der Waals surface area contributed by atoms with Gasteiger partial charge in [0, 0.05) is 11.1 Å². The monoisotopic (exact) mass is 293 g/mol. The molecule has 1 aliphatic carbocycles. The maximum Gasteiger partial charge on any atom is 0.147 e. The zero-order valence-corrected chi connectivity index (χ0v) is 11.5. The van der Waals surface area contributed by atoms with E-state index in [1.165, 1.54) is 12.1 Å². The molecule has 0 heterocycles. The Labute approximate surface area is 121 Å². The molecule has 0 aromatic heterocycles. The smallest absolute Gasteiger partial charge is 0.147 e. The summed E-state index contributed by atoms with van der Waals surface area (Å²) in [5.41, 5.74) is 1.48. The fourth-order valence-electron chi connectivity index (χ4n) is 2.59. The van der Waals surface area contributed by atoms with Crippen molar-refractivity contribution in [2.24, 2.45) is 0 Å². The third-order valence-electron chi connectivity index (χ3n) is 3.75. The van der Waals surface area contributed by atoms with Crippen molar-refractivity contribution >= 4 is 17.3 Å². The summed E-state index contributed by atoms with van der Waals surface area (Å²) in [6, 6.07) is 11.5. The molecule has 20 heavy (non-hydrogen) atoms. The molecule has 0 saturated heterocycles. The highest BCUT2D eigenvalue weighted by molar-refractivity contribution is 6.30. The van der Waals surface area contributed by atoms with Crippen molar-refractivity contribution < 1.29 is 8.78 Å². The van der Waals surface area contributed by atoms with Gasteiger partial charge in [0.2, 0.25) is 0 Å². The van der Waals surface area contributed by atoms with Gasteiger partial charge >= 0.3 is 0 Å². The van der Waals surface area contributed by atoms with Crippen LogP contribution in [0.3, 0.4) is 0 Å². The topological polar surface area (TPSA) is 12.0 Å². The van der Waals surface area contributed by atoms with Crippen LogP contribution in [0.4, 0.5) is 14.5 Å². The molecule has 4 heteroatoms. The van der Waals surface area contributed by atoms with Crippen molar-refractivity contribution in [1.82, 2.24) is 0 Å². The van der Waals surface area contributed by atoms with Gasteiger partial charge in [-0.1, -0.05) is 23.7 Å². The van der Waals surface area contributed by atoms with Crippen LogP contribution in [0.25, 0.3) is 0 Å². The number of hydrogen-bond donors (Lipinski definition) is 1. The Balaban J connectivity index is 1.61. The van der Waals surface area contributed by atoms with Crippen molar-refractivity contribution in [1.29, 1.82) is 0 Å². The molecule has 1 N–H and O–H groups in total. The van der Waals surface area contributed by atoms with Gasteiger partial charge in [0.25, 0.3) is 0 Å². The molecule has 0 atom stereocenters. The molecule has 2 aromatic rings. The average molecular weight is 294 g/mol. The first-order chi connectivity index (χ1) is 9.61. The fraction of sp³-hybridized carbons (Fsp3) is 0.250. The van der Waals surface area contributed by atoms with Crippen LogP contribution in [0.1, 0.15) is 24.3 Å². The molecule has 1 nitrogen and oxygen atoms in total. The maximum absolute atomic E-state index is 13.6. The Morgan fingerprint density at radius 1 is 1.05 bits per heavy atom. The molecule has 1 fully saturated rings. The summed E-state index contributed by atoms with van der Waals surface area (Å²) in [5, 5.41) is 3.55. The third-order valence-corrected chi connectivity index (χ3v) is 3.98. The normalized spacial score (nSPS) is 21.4. The van der Waals surface area contributed by atoms with Gasteiger partial charge in [-0.2, -0.15) is 0 Å². The van der Waals surface area contributed by atoms with Gasteiger partial charge < -0.3 is 5.32 Å². The Kier molecular flexibility index (Phi) is 3.62. The van der Waals surface area contributed by atoms with Crippen LogP contribution < -0.4 is 5.32 Å². The summed E-state index contributed by atoms with van der Waals surface area (Å²) in [6.07, 6.45) is 1.76. The van der Waals surface area contributed by atoms with Crippen LogP contribution in [0, 0.1) is 11.6 Å². The molecular formula is C16H14ClF2N. The first-order valence-electron chi connectivity index (χ1n) is 6.59. The predicted molar refractivity (Wildman–Crippen MR) is 77.2 cm³/mol. The maximum atomic E-state index is 13.6. The second-order valence-electron chi connectivity index (χ2n) is 5.19. The zero-order valence-electron chi connectivity index (χ0n) is 10.7. The van der Waals surface area contributed by atoms with E-state index < -0.39 is 0 Å². The van der Waals surface area contributed by atoms with Crippen molar-refractivity contribution in [3.8, 4) is 0 Å². The molecule has 0 spiro atoms. The lowest BCUT2D eigenvalue weighted by molar-refractivity contribution is 0.371. The van der Waals surface area contributed by atoms with Crippen LogP contribution in [0.15, 0.2) is 42.5 Å². The zero-order chi connectivity index (χ0) is 14.1. The standard InChI is InChI=1S/C16H14ClF2N/c17-12-4-5-16(15(19)9-12)20-14-7-11(8-14)10-2-1-3-13(18)6-10/h1-6,9,11,14,20H,7-8H2. The van der Waals surface area contributed by atoms with E-state index in [1.807, 2.05) is 6.07 Å². The van der Waals surface area contributed by atoms with Gasteiger partial charge in [0.1, 0.15) is 11.6 Å². The summed E-state index contributed by atoms with van der Waals surface area (Å²) in [5.74, 6) is -0.201. The molecule has 1 aliphatic rings. The number of benzene rings is 2. The van der Waals surface area contributed by atoms with Gasteiger partial charge in [-0.05, 0) is 54.7 Å². The van der Waals surface area contributed by atoms with Crippen LogP contribution in [-0.4, -0.2) is 6.04 Å². The number of nitrogens with one attached hydrogen (secondary N) is 1. The lowest BCUT2D eigenvalue weighted by atomic mass is 9.76. The highest BCUT2D eigenvalue weighted by atomic mass is 35.5. The van der Waals surface area contributed by atoms with Crippen LogP contribution >= 0.6 is 11.6 Å². The van der Waals surface area contributed by atoms with E-state index in [4.69, 9.17) is 11.6 Å². The van der Waals surface area contributed by atoms with Crippen molar-refractivity contribution in [2.45, 2.75) is 24.8 Å². The Morgan fingerprint density at radius 2 is 1.85 bits per heavy atom. The highest BCUT2D eigenvalue weighted by Crippen LogP contribution is 2.39. The number of rotatable bonds is 3. The van der Waals surface area contributed by atoms with E-state index in [0.717, 1.165) is 18.4 Å². The summed E-state index contributed by atoms with van der Waals surface area (Å²) in [6.45, 7) is 0. The van der Waals surface area contributed by atoms with Crippen molar-refractivity contribution in [3.63, 3.8) is 0 Å². The molecule has 3 rings (SSSR count). The van der Waals surface area contributed by atoms with E-state index in [1.54, 1.807) is 24.3 Å². The Morgan fingerprint density at radius 3 is 2.55 bits per heavy atom. The first-order valence-corrected chi connectivity index (χ1v) is 6.96. The number of hydrogen-bond acceptors (Lipinski definition) is 1. The first kappa shape index (κ1) is 13.4. The van der Waals surface area contributed by atoms with Crippen LogP contribution in [-0.2, 0) is 0 Å². The van der Waals surface area contributed by atoms with Crippen LogP contribution in [0.5, 0.6) is 0 Å². The van der Waals surface area contributed by atoms with Gasteiger partial charge in [-0.3, -0.25) is 0 Å². The highest BCUT2D eigenvalue weighted by Gasteiger charge is 2.30. The minimum atomic E-state index is -0.341. The predicted octanol–water partition coefficient (Wildman–Crippen LogP) is 4.98. The van der Waals surface area contributed by atoms with E-state index in [0.29, 0.717) is 16.6 Å². The van der Waals surface area contributed by atoms with E-state index in [9.17, 15) is 8.78 Å². The van der Waals surface area contributed by atoms with Gasteiger partial charge in [-0.15, -0.1) is 0 Å². The quantitative estimate of drug-likeness (QED) is 0.842. The molecule has 0 radical (unpaired) electrons. The van der Waals surface area contributed by atoms with Gasteiger partial charge in [0.05, 0.1) is 5.69 Å². The molecular weight excluding hydrogens is 280 g/mol.